The van der Waals surface area contributed by atoms with Crippen LogP contribution in [0, 0.1) is 13.8 Å². The van der Waals surface area contributed by atoms with Crippen molar-refractivity contribution in [3.63, 3.8) is 0 Å². The van der Waals surface area contributed by atoms with E-state index < -0.39 is 0 Å². The van der Waals surface area contributed by atoms with Crippen molar-refractivity contribution in [2.24, 2.45) is 0 Å². The molecule has 0 radical (unpaired) electrons. The molecule has 0 fully saturated rings. The Morgan fingerprint density at radius 2 is 1.71 bits per heavy atom. The summed E-state index contributed by atoms with van der Waals surface area (Å²) in [4.78, 5) is 5.54. The average Bonchev–Trinajstić information content (AvgIpc) is 2.56. The maximum absolute atomic E-state index is 6.34. The zero-order valence-corrected chi connectivity index (χ0v) is 15.6. The summed E-state index contributed by atoms with van der Waals surface area (Å²) >= 11 is 14.0. The molecule has 2 nitrogen and oxygen atoms in total. The van der Waals surface area contributed by atoms with E-state index in [9.17, 15) is 0 Å². The molecule has 0 amide bonds. The molecule has 0 aliphatic carbocycles. The molecule has 0 atom stereocenters. The Balaban J connectivity index is 1.81. The van der Waals surface area contributed by atoms with Crippen LogP contribution in [-0.2, 0) is 0 Å². The minimum atomic E-state index is 0.569. The number of anilines is 1. The topological polar surface area (TPSA) is 24.9 Å². The summed E-state index contributed by atoms with van der Waals surface area (Å²) in [6.45, 7) is 4.05. The summed E-state index contributed by atoms with van der Waals surface area (Å²) in [5.74, 6) is 0.847. The summed E-state index contributed by atoms with van der Waals surface area (Å²) in [5.41, 5.74) is 4.16. The number of rotatable bonds is 4. The summed E-state index contributed by atoms with van der Waals surface area (Å²) in [7, 11) is 0. The molecule has 0 spiro atoms. The van der Waals surface area contributed by atoms with Crippen molar-refractivity contribution in [2.75, 3.05) is 4.72 Å². The van der Waals surface area contributed by atoms with Crippen LogP contribution in [0.25, 0.3) is 11.1 Å². The first-order valence-electron chi connectivity index (χ1n) is 7.46. The van der Waals surface area contributed by atoms with E-state index in [0.29, 0.717) is 10.0 Å². The van der Waals surface area contributed by atoms with Gasteiger partial charge in [0.05, 0.1) is 10.0 Å². The number of nitrogens with one attached hydrogen (secondary N) is 1. The van der Waals surface area contributed by atoms with E-state index >= 15 is 0 Å². The van der Waals surface area contributed by atoms with Crippen LogP contribution in [0.3, 0.4) is 0 Å². The van der Waals surface area contributed by atoms with E-state index in [1.807, 2.05) is 37.3 Å². The zero-order chi connectivity index (χ0) is 17.1. The molecule has 24 heavy (non-hydrogen) atoms. The molecule has 0 saturated carbocycles. The van der Waals surface area contributed by atoms with E-state index in [1.54, 1.807) is 6.07 Å². The minimum Gasteiger partial charge on any atom is -0.310 e. The Bertz CT molecular complexity index is 881. The van der Waals surface area contributed by atoms with Gasteiger partial charge in [0.25, 0.3) is 0 Å². The van der Waals surface area contributed by atoms with Crippen molar-refractivity contribution >= 4 is 41.0 Å². The molecule has 1 heterocycles. The van der Waals surface area contributed by atoms with Crippen molar-refractivity contribution in [3.05, 3.63) is 75.9 Å². The minimum absolute atomic E-state index is 0.569. The highest BCUT2D eigenvalue weighted by Gasteiger charge is 2.10. The maximum atomic E-state index is 6.34. The van der Waals surface area contributed by atoms with Crippen LogP contribution in [0.5, 0.6) is 0 Å². The molecule has 0 unspecified atom stereocenters. The summed E-state index contributed by atoms with van der Waals surface area (Å²) in [6, 6.07) is 17.9. The standard InChI is InChI=1S/C19H16Cl2N2S/c1-12-11-14(24-23-18-8-3-5-13(2)22-18)9-10-15(12)16-6-4-7-17(20)19(16)21/h3-11H,1-2H3,(H,22,23). The zero-order valence-electron chi connectivity index (χ0n) is 13.3. The second-order valence-corrected chi connectivity index (χ2v) is 7.11. The van der Waals surface area contributed by atoms with Gasteiger partial charge in [0, 0.05) is 16.2 Å². The van der Waals surface area contributed by atoms with Crippen LogP contribution in [0.15, 0.2) is 59.5 Å². The first-order chi connectivity index (χ1) is 11.5. The molecule has 0 bridgehead atoms. The van der Waals surface area contributed by atoms with E-state index in [2.05, 4.69) is 34.8 Å². The van der Waals surface area contributed by atoms with Gasteiger partial charge in [0.15, 0.2) is 0 Å². The van der Waals surface area contributed by atoms with Gasteiger partial charge in [0.2, 0.25) is 0 Å². The Hall–Kier alpha value is -1.68. The lowest BCUT2D eigenvalue weighted by atomic mass is 10.0. The third kappa shape index (κ3) is 3.86. The number of halogens is 2. The van der Waals surface area contributed by atoms with Crippen LogP contribution in [0.1, 0.15) is 11.3 Å². The van der Waals surface area contributed by atoms with Crippen molar-refractivity contribution in [1.29, 1.82) is 0 Å². The molecule has 0 aliphatic heterocycles. The number of aromatic nitrogens is 1. The predicted molar refractivity (Wildman–Crippen MR) is 105 cm³/mol. The molecule has 1 N–H and O–H groups in total. The average molecular weight is 375 g/mol. The largest absolute Gasteiger partial charge is 0.310 e. The first-order valence-corrected chi connectivity index (χ1v) is 9.03. The lowest BCUT2D eigenvalue weighted by Gasteiger charge is -2.11. The Morgan fingerprint density at radius 3 is 2.46 bits per heavy atom. The summed E-state index contributed by atoms with van der Waals surface area (Å²) < 4.78 is 3.27. The molecule has 2 aromatic carbocycles. The number of pyridine rings is 1. The van der Waals surface area contributed by atoms with Gasteiger partial charge in [-0.3, -0.25) is 0 Å². The smallest absolute Gasteiger partial charge is 0.136 e. The molecule has 1 aromatic heterocycles. The number of hydrogen-bond donors (Lipinski definition) is 1. The monoisotopic (exact) mass is 374 g/mol. The van der Waals surface area contributed by atoms with E-state index in [1.165, 1.54) is 11.9 Å². The van der Waals surface area contributed by atoms with E-state index in [-0.39, 0.29) is 0 Å². The Labute approximate surface area is 156 Å². The van der Waals surface area contributed by atoms with Gasteiger partial charge in [-0.25, -0.2) is 4.98 Å². The van der Waals surface area contributed by atoms with Crippen LogP contribution in [-0.4, -0.2) is 4.98 Å². The second-order valence-electron chi connectivity index (χ2n) is 5.45. The third-order valence-electron chi connectivity index (χ3n) is 3.60. The van der Waals surface area contributed by atoms with Gasteiger partial charge in [-0.2, -0.15) is 0 Å². The van der Waals surface area contributed by atoms with Gasteiger partial charge in [-0.05, 0) is 67.3 Å². The van der Waals surface area contributed by atoms with Crippen LogP contribution in [0.4, 0.5) is 5.82 Å². The Morgan fingerprint density at radius 1 is 0.917 bits per heavy atom. The fourth-order valence-corrected chi connectivity index (χ4v) is 3.53. The van der Waals surface area contributed by atoms with Crippen LogP contribution >= 0.6 is 35.1 Å². The van der Waals surface area contributed by atoms with Crippen molar-refractivity contribution < 1.29 is 0 Å². The summed E-state index contributed by atoms with van der Waals surface area (Å²) in [6.07, 6.45) is 0. The van der Waals surface area contributed by atoms with Crippen molar-refractivity contribution in [3.8, 4) is 11.1 Å². The highest BCUT2D eigenvalue weighted by Crippen LogP contribution is 2.36. The molecule has 5 heteroatoms. The lowest BCUT2D eigenvalue weighted by Crippen LogP contribution is -1.92. The maximum Gasteiger partial charge on any atom is 0.136 e. The van der Waals surface area contributed by atoms with Crippen LogP contribution in [0.2, 0.25) is 10.0 Å². The number of nitrogens with zero attached hydrogens (tertiary/aromatic N) is 1. The number of benzene rings is 2. The SMILES string of the molecule is Cc1cccc(NSc2ccc(-c3cccc(Cl)c3Cl)c(C)c2)n1. The molecule has 0 saturated heterocycles. The van der Waals surface area contributed by atoms with Gasteiger partial charge in [0.1, 0.15) is 5.82 Å². The van der Waals surface area contributed by atoms with Gasteiger partial charge >= 0.3 is 0 Å². The fourth-order valence-electron chi connectivity index (χ4n) is 2.42. The predicted octanol–water partition coefficient (Wildman–Crippen LogP) is 6.79. The van der Waals surface area contributed by atoms with Gasteiger partial charge < -0.3 is 4.72 Å². The summed E-state index contributed by atoms with van der Waals surface area (Å²) in [5, 5.41) is 1.16. The highest BCUT2D eigenvalue weighted by atomic mass is 35.5. The van der Waals surface area contributed by atoms with E-state index in [0.717, 1.165) is 33.1 Å². The first kappa shape index (κ1) is 17.2. The van der Waals surface area contributed by atoms with Crippen LogP contribution < -0.4 is 4.72 Å². The third-order valence-corrected chi connectivity index (χ3v) is 5.22. The molecule has 3 rings (SSSR count). The van der Waals surface area contributed by atoms with Gasteiger partial charge in [-0.1, -0.05) is 47.5 Å². The van der Waals surface area contributed by atoms with Crippen molar-refractivity contribution in [2.45, 2.75) is 18.7 Å². The highest BCUT2D eigenvalue weighted by molar-refractivity contribution is 8.00. The molecule has 0 aliphatic rings. The van der Waals surface area contributed by atoms with E-state index in [4.69, 9.17) is 23.2 Å². The second kappa shape index (κ2) is 7.47. The number of aryl methyl sites for hydroxylation is 2. The Kier molecular flexibility index (Phi) is 5.34. The fraction of sp³-hybridized carbons (Fsp3) is 0.105. The van der Waals surface area contributed by atoms with Crippen molar-refractivity contribution in [1.82, 2.24) is 4.98 Å². The lowest BCUT2D eigenvalue weighted by molar-refractivity contribution is 1.21. The molecular formula is C19H16Cl2N2S. The van der Waals surface area contributed by atoms with Gasteiger partial charge in [-0.15, -0.1) is 0 Å². The normalized spacial score (nSPS) is 10.7. The molecular weight excluding hydrogens is 359 g/mol. The molecule has 3 aromatic rings. The molecule has 122 valence electrons. The number of hydrogen-bond acceptors (Lipinski definition) is 3. The quantitative estimate of drug-likeness (QED) is 0.508.